The summed E-state index contributed by atoms with van der Waals surface area (Å²) < 4.78 is 0. The monoisotopic (exact) mass is 664 g/mol. The topological polar surface area (TPSA) is 36.7 Å². The number of aromatic nitrogens is 1. The van der Waals surface area contributed by atoms with Crippen molar-refractivity contribution in [2.75, 3.05) is 0 Å². The fourth-order valence-corrected chi connectivity index (χ4v) is 9.17. The SMILES string of the molecule is CC1(C)c2ccccc2-c2ccc(-c3cc(-c4cccc(C#N)c4)c4cc(-c5ccc6c(c5)C(C)(C)c5ccccc5-6)c5ccccc5c4n3)cc21. The summed E-state index contributed by atoms with van der Waals surface area (Å²) in [4.78, 5) is 5.50. The normalized spacial score (nSPS) is 14.4. The van der Waals surface area contributed by atoms with E-state index in [4.69, 9.17) is 4.98 Å². The quantitative estimate of drug-likeness (QED) is 0.176. The molecule has 246 valence electrons. The summed E-state index contributed by atoms with van der Waals surface area (Å²) in [6, 6.07) is 55.0. The van der Waals surface area contributed by atoms with Crippen LogP contribution in [0.4, 0.5) is 0 Å². The fourth-order valence-electron chi connectivity index (χ4n) is 9.17. The van der Waals surface area contributed by atoms with Gasteiger partial charge in [-0.15, -0.1) is 0 Å². The van der Waals surface area contributed by atoms with E-state index in [1.54, 1.807) is 0 Å². The number of hydrogen-bond donors (Lipinski definition) is 0. The predicted molar refractivity (Wildman–Crippen MR) is 215 cm³/mol. The second kappa shape index (κ2) is 10.8. The Labute approximate surface area is 304 Å². The summed E-state index contributed by atoms with van der Waals surface area (Å²) in [7, 11) is 0. The first-order chi connectivity index (χ1) is 25.2. The molecule has 0 saturated heterocycles. The number of benzene rings is 7. The molecular formula is C50H36N2. The van der Waals surface area contributed by atoms with Crippen molar-refractivity contribution in [3.05, 3.63) is 173 Å². The Hall–Kier alpha value is -6.30. The first-order valence-electron chi connectivity index (χ1n) is 18.1. The minimum Gasteiger partial charge on any atom is -0.247 e. The molecule has 0 unspecified atom stereocenters. The molecule has 2 nitrogen and oxygen atoms in total. The number of hydrogen-bond acceptors (Lipinski definition) is 2. The van der Waals surface area contributed by atoms with E-state index in [9.17, 15) is 5.26 Å². The van der Waals surface area contributed by atoms with E-state index in [1.807, 2.05) is 18.2 Å². The third-order valence-corrected chi connectivity index (χ3v) is 11.9. The van der Waals surface area contributed by atoms with Gasteiger partial charge in [-0.3, -0.25) is 0 Å². The molecule has 0 atom stereocenters. The highest BCUT2D eigenvalue weighted by molar-refractivity contribution is 6.16. The average Bonchev–Trinajstić information content (AvgIpc) is 3.56. The van der Waals surface area contributed by atoms with Crippen LogP contribution in [-0.4, -0.2) is 4.98 Å². The standard InChI is InChI=1S/C50H36N2/c1-49(2)43-18-9-7-15-35(43)37-22-20-32(25-45(37)49)40-27-42-41(31-13-11-12-30(24-31)29-51)28-47(52-48(42)39-17-6-5-14-34(39)40)33-21-23-38-36-16-8-10-19-44(36)50(3,4)46(38)26-33/h5-28H,1-4H3. The zero-order chi connectivity index (χ0) is 35.4. The highest BCUT2D eigenvalue weighted by atomic mass is 14.7. The van der Waals surface area contributed by atoms with Gasteiger partial charge in [0.2, 0.25) is 0 Å². The molecule has 0 N–H and O–H groups in total. The number of nitriles is 1. The minimum absolute atomic E-state index is 0.0975. The van der Waals surface area contributed by atoms with Crippen LogP contribution in [0.25, 0.3) is 77.4 Å². The Bertz CT molecular complexity index is 2860. The molecule has 10 rings (SSSR count). The van der Waals surface area contributed by atoms with E-state index in [1.165, 1.54) is 61.0 Å². The van der Waals surface area contributed by atoms with Crippen molar-refractivity contribution in [3.8, 4) is 61.8 Å². The van der Waals surface area contributed by atoms with Gasteiger partial charge in [0.25, 0.3) is 0 Å². The Kier molecular flexibility index (Phi) is 6.37. The van der Waals surface area contributed by atoms with Gasteiger partial charge >= 0.3 is 0 Å². The van der Waals surface area contributed by atoms with Crippen LogP contribution in [0.1, 0.15) is 55.5 Å². The van der Waals surface area contributed by atoms with Gasteiger partial charge < -0.3 is 0 Å². The first kappa shape index (κ1) is 30.5. The van der Waals surface area contributed by atoms with E-state index in [-0.39, 0.29) is 10.8 Å². The van der Waals surface area contributed by atoms with Crippen molar-refractivity contribution in [2.24, 2.45) is 0 Å². The van der Waals surface area contributed by atoms with Crippen LogP contribution < -0.4 is 0 Å². The molecule has 1 aromatic heterocycles. The number of nitrogens with zero attached hydrogens (tertiary/aromatic N) is 2. The maximum atomic E-state index is 9.92. The fraction of sp³-hybridized carbons (Fsp3) is 0.120. The third kappa shape index (κ3) is 4.26. The van der Waals surface area contributed by atoms with Gasteiger partial charge in [0.1, 0.15) is 0 Å². The molecule has 0 radical (unpaired) electrons. The molecule has 0 amide bonds. The van der Waals surface area contributed by atoms with Crippen molar-refractivity contribution in [1.82, 2.24) is 4.98 Å². The maximum Gasteiger partial charge on any atom is 0.0991 e. The number of rotatable bonds is 3. The van der Waals surface area contributed by atoms with Crippen molar-refractivity contribution < 1.29 is 0 Å². The summed E-state index contributed by atoms with van der Waals surface area (Å²) in [6.07, 6.45) is 0. The molecule has 1 heterocycles. The number of fused-ring (bicyclic) bond motifs is 9. The molecule has 7 aromatic carbocycles. The first-order valence-corrected chi connectivity index (χ1v) is 18.1. The lowest BCUT2D eigenvalue weighted by Crippen LogP contribution is -2.15. The summed E-state index contributed by atoms with van der Waals surface area (Å²) in [5, 5.41) is 13.3. The number of pyridine rings is 1. The molecule has 52 heavy (non-hydrogen) atoms. The zero-order valence-electron chi connectivity index (χ0n) is 29.8. The van der Waals surface area contributed by atoms with Crippen LogP contribution in [0, 0.1) is 11.3 Å². The van der Waals surface area contributed by atoms with Crippen molar-refractivity contribution in [2.45, 2.75) is 38.5 Å². The van der Waals surface area contributed by atoms with Crippen molar-refractivity contribution in [1.29, 1.82) is 5.26 Å². The van der Waals surface area contributed by atoms with Crippen LogP contribution in [0.15, 0.2) is 146 Å². The molecule has 2 aliphatic carbocycles. The summed E-state index contributed by atoms with van der Waals surface area (Å²) in [5.74, 6) is 0. The van der Waals surface area contributed by atoms with Gasteiger partial charge in [0.15, 0.2) is 0 Å². The van der Waals surface area contributed by atoms with Crippen LogP contribution >= 0.6 is 0 Å². The van der Waals surface area contributed by atoms with Gasteiger partial charge in [-0.05, 0) is 109 Å². The molecule has 0 fully saturated rings. The Morgan fingerprint density at radius 2 is 0.962 bits per heavy atom. The average molecular weight is 665 g/mol. The molecular weight excluding hydrogens is 629 g/mol. The highest BCUT2D eigenvalue weighted by Gasteiger charge is 2.36. The van der Waals surface area contributed by atoms with Crippen molar-refractivity contribution in [3.63, 3.8) is 0 Å². The van der Waals surface area contributed by atoms with Gasteiger partial charge in [0.05, 0.1) is 22.8 Å². The van der Waals surface area contributed by atoms with Crippen LogP contribution in [-0.2, 0) is 10.8 Å². The summed E-state index contributed by atoms with van der Waals surface area (Å²) in [6.45, 7) is 9.32. The van der Waals surface area contributed by atoms with Gasteiger partial charge in [-0.2, -0.15) is 5.26 Å². The van der Waals surface area contributed by atoms with E-state index in [2.05, 4.69) is 161 Å². The Balaban J connectivity index is 1.23. The van der Waals surface area contributed by atoms with Gasteiger partial charge in [0, 0.05) is 27.2 Å². The smallest absolute Gasteiger partial charge is 0.0991 e. The molecule has 0 aliphatic heterocycles. The second-order valence-corrected chi connectivity index (χ2v) is 15.5. The summed E-state index contributed by atoms with van der Waals surface area (Å²) >= 11 is 0. The van der Waals surface area contributed by atoms with Gasteiger partial charge in [-0.1, -0.05) is 137 Å². The van der Waals surface area contributed by atoms with Crippen LogP contribution in [0.3, 0.4) is 0 Å². The van der Waals surface area contributed by atoms with E-state index in [0.29, 0.717) is 5.56 Å². The molecule has 8 aromatic rings. The van der Waals surface area contributed by atoms with Gasteiger partial charge in [-0.25, -0.2) is 4.98 Å². The molecule has 2 aliphatic rings. The zero-order valence-corrected chi connectivity index (χ0v) is 29.8. The second-order valence-electron chi connectivity index (χ2n) is 15.5. The van der Waals surface area contributed by atoms with E-state index < -0.39 is 0 Å². The van der Waals surface area contributed by atoms with Crippen LogP contribution in [0.5, 0.6) is 0 Å². The van der Waals surface area contributed by atoms with Crippen molar-refractivity contribution >= 4 is 21.7 Å². The molecule has 2 heteroatoms. The Morgan fingerprint density at radius 1 is 0.423 bits per heavy atom. The Morgan fingerprint density at radius 3 is 1.63 bits per heavy atom. The molecule has 0 bridgehead atoms. The maximum absolute atomic E-state index is 9.92. The van der Waals surface area contributed by atoms with Crippen LogP contribution in [0.2, 0.25) is 0 Å². The third-order valence-electron chi connectivity index (χ3n) is 11.9. The lowest BCUT2D eigenvalue weighted by atomic mass is 9.81. The van der Waals surface area contributed by atoms with E-state index >= 15 is 0 Å². The predicted octanol–water partition coefficient (Wildman–Crippen LogP) is 12.9. The summed E-state index contributed by atoms with van der Waals surface area (Å²) in [5.41, 5.74) is 18.5. The molecule has 0 saturated carbocycles. The highest BCUT2D eigenvalue weighted by Crippen LogP contribution is 2.52. The van der Waals surface area contributed by atoms with E-state index in [0.717, 1.165) is 38.7 Å². The largest absolute Gasteiger partial charge is 0.247 e. The lowest BCUT2D eigenvalue weighted by Gasteiger charge is -2.22. The minimum atomic E-state index is -0.115. The lowest BCUT2D eigenvalue weighted by molar-refractivity contribution is 0.660. The molecule has 0 spiro atoms.